The van der Waals surface area contributed by atoms with E-state index in [-0.39, 0.29) is 10.9 Å². The van der Waals surface area contributed by atoms with E-state index in [1.165, 1.54) is 18.9 Å². The van der Waals surface area contributed by atoms with E-state index in [1.807, 2.05) is 24.8 Å². The Labute approximate surface area is 119 Å². The van der Waals surface area contributed by atoms with Crippen LogP contribution in [0.4, 0.5) is 0 Å². The molecule has 0 spiro atoms. The van der Waals surface area contributed by atoms with Gasteiger partial charge in [0.2, 0.25) is 10.0 Å². The molecule has 0 amide bonds. The van der Waals surface area contributed by atoms with Crippen molar-refractivity contribution >= 4 is 21.8 Å². The second-order valence-corrected chi connectivity index (χ2v) is 7.94. The van der Waals surface area contributed by atoms with Crippen LogP contribution in [0.3, 0.4) is 0 Å². The molecular formula is C13H20N2O2S2. The number of thioether (sulfide) groups is 1. The van der Waals surface area contributed by atoms with Crippen molar-refractivity contribution in [3.05, 3.63) is 29.8 Å². The number of hydrogen-bond donors (Lipinski definition) is 2. The summed E-state index contributed by atoms with van der Waals surface area (Å²) in [6, 6.07) is 6.94. The van der Waals surface area contributed by atoms with Gasteiger partial charge in [0.25, 0.3) is 0 Å². The standard InChI is InChI=1S/C13H20N2O2S2/c1-10(15-9-13(18-2)6-7-13)11-4-3-5-12(8-11)19(14,16)17/h3-5,8,10,15H,6-7,9H2,1-2H3,(H2,14,16,17). The molecule has 1 unspecified atom stereocenters. The summed E-state index contributed by atoms with van der Waals surface area (Å²) in [5.74, 6) is 0. The van der Waals surface area contributed by atoms with Crippen molar-refractivity contribution in [2.75, 3.05) is 12.8 Å². The van der Waals surface area contributed by atoms with Crippen LogP contribution in [0.25, 0.3) is 0 Å². The molecule has 1 aliphatic rings. The van der Waals surface area contributed by atoms with Gasteiger partial charge in [-0.25, -0.2) is 13.6 Å². The van der Waals surface area contributed by atoms with Gasteiger partial charge in [-0.1, -0.05) is 12.1 Å². The zero-order valence-electron chi connectivity index (χ0n) is 11.2. The lowest BCUT2D eigenvalue weighted by Crippen LogP contribution is -2.28. The van der Waals surface area contributed by atoms with Crippen LogP contribution in [0.5, 0.6) is 0 Å². The summed E-state index contributed by atoms with van der Waals surface area (Å²) in [6.45, 7) is 2.99. The van der Waals surface area contributed by atoms with Crippen LogP contribution in [-0.2, 0) is 10.0 Å². The smallest absolute Gasteiger partial charge is 0.238 e. The van der Waals surface area contributed by atoms with E-state index >= 15 is 0 Å². The Hall–Kier alpha value is -0.560. The Balaban J connectivity index is 2.05. The number of primary sulfonamides is 1. The fraction of sp³-hybridized carbons (Fsp3) is 0.538. The zero-order valence-corrected chi connectivity index (χ0v) is 12.9. The highest BCUT2D eigenvalue weighted by Crippen LogP contribution is 2.46. The minimum absolute atomic E-state index is 0.117. The lowest BCUT2D eigenvalue weighted by molar-refractivity contribution is 0.561. The van der Waals surface area contributed by atoms with E-state index in [1.54, 1.807) is 12.1 Å². The van der Waals surface area contributed by atoms with Crippen LogP contribution in [0.2, 0.25) is 0 Å². The Morgan fingerprint density at radius 2 is 2.16 bits per heavy atom. The summed E-state index contributed by atoms with van der Waals surface area (Å²) in [5, 5.41) is 8.62. The highest BCUT2D eigenvalue weighted by Gasteiger charge is 2.41. The molecule has 2 rings (SSSR count). The Morgan fingerprint density at radius 3 is 2.68 bits per heavy atom. The van der Waals surface area contributed by atoms with Crippen LogP contribution >= 0.6 is 11.8 Å². The quantitative estimate of drug-likeness (QED) is 0.841. The monoisotopic (exact) mass is 300 g/mol. The van der Waals surface area contributed by atoms with Gasteiger partial charge in [-0.2, -0.15) is 11.8 Å². The third kappa shape index (κ3) is 3.72. The van der Waals surface area contributed by atoms with Gasteiger partial charge in [0.1, 0.15) is 0 Å². The summed E-state index contributed by atoms with van der Waals surface area (Å²) >= 11 is 1.90. The van der Waals surface area contributed by atoms with Gasteiger partial charge in [0.05, 0.1) is 4.90 Å². The molecule has 0 saturated heterocycles. The molecule has 1 aliphatic carbocycles. The lowest BCUT2D eigenvalue weighted by atomic mass is 10.1. The summed E-state index contributed by atoms with van der Waals surface area (Å²) in [4.78, 5) is 0.171. The maximum Gasteiger partial charge on any atom is 0.238 e. The second kappa shape index (κ2) is 5.44. The molecule has 3 N–H and O–H groups in total. The highest BCUT2D eigenvalue weighted by molar-refractivity contribution is 8.00. The number of sulfonamides is 1. The van der Waals surface area contributed by atoms with Gasteiger partial charge < -0.3 is 5.32 Å². The second-order valence-electron chi connectivity index (χ2n) is 5.11. The van der Waals surface area contributed by atoms with Crippen molar-refractivity contribution < 1.29 is 8.42 Å². The average Bonchev–Trinajstić information content (AvgIpc) is 3.16. The Bertz CT molecular complexity index is 554. The number of benzene rings is 1. The predicted octanol–water partition coefficient (Wildman–Crippen LogP) is 1.88. The molecule has 4 nitrogen and oxygen atoms in total. The van der Waals surface area contributed by atoms with E-state index in [2.05, 4.69) is 11.6 Å². The maximum atomic E-state index is 11.3. The minimum Gasteiger partial charge on any atom is -0.309 e. The van der Waals surface area contributed by atoms with E-state index < -0.39 is 10.0 Å². The number of nitrogens with one attached hydrogen (secondary N) is 1. The predicted molar refractivity (Wildman–Crippen MR) is 79.7 cm³/mol. The third-order valence-corrected chi connectivity index (χ3v) is 5.99. The Morgan fingerprint density at radius 1 is 1.47 bits per heavy atom. The normalized spacial score (nSPS) is 19.1. The summed E-state index contributed by atoms with van der Waals surface area (Å²) < 4.78 is 23.1. The summed E-state index contributed by atoms with van der Waals surface area (Å²) in [7, 11) is -3.63. The molecule has 106 valence electrons. The Kier molecular flexibility index (Phi) is 4.25. The van der Waals surface area contributed by atoms with E-state index in [4.69, 9.17) is 5.14 Å². The number of hydrogen-bond acceptors (Lipinski definition) is 4. The molecule has 0 radical (unpaired) electrons. The number of nitrogens with two attached hydrogens (primary N) is 1. The van der Waals surface area contributed by atoms with E-state index in [0.29, 0.717) is 4.75 Å². The van der Waals surface area contributed by atoms with Crippen molar-refractivity contribution in [2.24, 2.45) is 5.14 Å². The molecule has 0 bridgehead atoms. The van der Waals surface area contributed by atoms with Crippen LogP contribution in [0, 0.1) is 0 Å². The first-order chi connectivity index (χ1) is 8.86. The van der Waals surface area contributed by atoms with Crippen LogP contribution in [0.15, 0.2) is 29.2 Å². The van der Waals surface area contributed by atoms with Crippen molar-refractivity contribution in [1.82, 2.24) is 5.32 Å². The van der Waals surface area contributed by atoms with Gasteiger partial charge in [0, 0.05) is 17.3 Å². The van der Waals surface area contributed by atoms with Gasteiger partial charge in [-0.15, -0.1) is 0 Å². The fourth-order valence-corrected chi connectivity index (χ4v) is 3.32. The van der Waals surface area contributed by atoms with Gasteiger partial charge in [-0.3, -0.25) is 0 Å². The first-order valence-electron chi connectivity index (χ1n) is 6.28. The van der Waals surface area contributed by atoms with Crippen LogP contribution in [-0.4, -0.2) is 26.0 Å². The molecule has 1 aromatic carbocycles. The molecule has 1 fully saturated rings. The summed E-state index contributed by atoms with van der Waals surface area (Å²) in [5.41, 5.74) is 0.948. The van der Waals surface area contributed by atoms with Gasteiger partial charge in [-0.05, 0) is 43.7 Å². The van der Waals surface area contributed by atoms with Crippen molar-refractivity contribution in [3.8, 4) is 0 Å². The molecular weight excluding hydrogens is 280 g/mol. The first kappa shape index (κ1) is 14.8. The molecule has 1 aromatic rings. The molecule has 1 saturated carbocycles. The SMILES string of the molecule is CSC1(CNC(C)c2cccc(S(N)(=O)=O)c2)CC1. The van der Waals surface area contributed by atoms with Gasteiger partial charge in [0.15, 0.2) is 0 Å². The lowest BCUT2D eigenvalue weighted by Gasteiger charge is -2.19. The topological polar surface area (TPSA) is 72.2 Å². The maximum absolute atomic E-state index is 11.3. The molecule has 6 heteroatoms. The highest BCUT2D eigenvalue weighted by atomic mass is 32.2. The number of rotatable bonds is 6. The first-order valence-corrected chi connectivity index (χ1v) is 9.05. The average molecular weight is 300 g/mol. The van der Waals surface area contributed by atoms with Gasteiger partial charge >= 0.3 is 0 Å². The molecule has 0 aromatic heterocycles. The largest absolute Gasteiger partial charge is 0.309 e. The van der Waals surface area contributed by atoms with E-state index in [0.717, 1.165) is 12.1 Å². The third-order valence-electron chi connectivity index (χ3n) is 3.66. The molecule has 1 atom stereocenters. The van der Waals surface area contributed by atoms with Crippen LogP contribution < -0.4 is 10.5 Å². The van der Waals surface area contributed by atoms with Crippen LogP contribution in [0.1, 0.15) is 31.4 Å². The fourth-order valence-electron chi connectivity index (χ4n) is 2.01. The van der Waals surface area contributed by atoms with Crippen molar-refractivity contribution in [3.63, 3.8) is 0 Å². The minimum atomic E-state index is -3.63. The molecule has 0 heterocycles. The molecule has 0 aliphatic heterocycles. The van der Waals surface area contributed by atoms with Crippen molar-refractivity contribution in [1.29, 1.82) is 0 Å². The molecule has 19 heavy (non-hydrogen) atoms. The van der Waals surface area contributed by atoms with Crippen molar-refractivity contribution in [2.45, 2.75) is 35.4 Å². The summed E-state index contributed by atoms with van der Waals surface area (Å²) in [6.07, 6.45) is 4.65. The zero-order chi connectivity index (χ0) is 14.1. The van der Waals surface area contributed by atoms with E-state index in [9.17, 15) is 8.42 Å².